The predicted octanol–water partition coefficient (Wildman–Crippen LogP) is 4.04. The molecular weight excluding hydrogens is 419 g/mol. The average molecular weight is 443 g/mol. The van der Waals surface area contributed by atoms with Gasteiger partial charge in [-0.15, -0.1) is 12.4 Å². The Bertz CT molecular complexity index is 1180. The molecule has 1 aromatic heterocycles. The van der Waals surface area contributed by atoms with E-state index in [2.05, 4.69) is 18.0 Å². The van der Waals surface area contributed by atoms with E-state index in [-0.39, 0.29) is 24.2 Å². The summed E-state index contributed by atoms with van der Waals surface area (Å²) >= 11 is 6.20. The molecule has 1 aliphatic heterocycles. The lowest BCUT2D eigenvalue weighted by Gasteiger charge is -2.63. The molecule has 2 N–H and O–H groups in total. The Morgan fingerprint density at radius 3 is 2.77 bits per heavy atom. The predicted molar refractivity (Wildman–Crippen MR) is 121 cm³/mol. The monoisotopic (exact) mass is 442 g/mol. The van der Waals surface area contributed by atoms with Gasteiger partial charge in [-0.05, 0) is 73.5 Å². The van der Waals surface area contributed by atoms with Gasteiger partial charge in [0.05, 0.1) is 11.1 Å². The lowest BCUT2D eigenvalue weighted by atomic mass is 9.49. The van der Waals surface area contributed by atoms with Crippen LogP contribution in [0, 0.1) is 0 Å². The van der Waals surface area contributed by atoms with E-state index >= 15 is 0 Å². The molecule has 6 heteroatoms. The Balaban J connectivity index is 0.00000193. The lowest BCUT2D eigenvalue weighted by molar-refractivity contribution is -0.145. The normalized spacial score (nSPS) is 29.5. The minimum atomic E-state index is -0.879. The van der Waals surface area contributed by atoms with E-state index in [9.17, 15) is 10.2 Å². The largest absolute Gasteiger partial charge is 0.508 e. The van der Waals surface area contributed by atoms with E-state index in [0.29, 0.717) is 17.9 Å². The Labute approximate surface area is 186 Å². The number of nitrogens with zero attached hydrogens (tertiary/aromatic N) is 2. The Kier molecular flexibility index (Phi) is 4.40. The minimum absolute atomic E-state index is 0. The van der Waals surface area contributed by atoms with Gasteiger partial charge in [0.25, 0.3) is 0 Å². The Hall–Kier alpha value is -1.85. The van der Waals surface area contributed by atoms with Crippen molar-refractivity contribution >= 4 is 34.9 Å². The minimum Gasteiger partial charge on any atom is -0.508 e. The number of aromatic hydroxyl groups is 1. The van der Waals surface area contributed by atoms with Crippen molar-refractivity contribution in [2.45, 2.75) is 42.7 Å². The number of phenols is 1. The third-order valence-electron chi connectivity index (χ3n) is 7.70. The van der Waals surface area contributed by atoms with E-state index < -0.39 is 11.0 Å². The van der Waals surface area contributed by atoms with Crippen LogP contribution in [0.4, 0.5) is 0 Å². The number of phenolic OH excluding ortho intramolecular Hbond substituents is 1. The molecule has 3 atom stereocenters. The van der Waals surface area contributed by atoms with Crippen LogP contribution in [0.1, 0.15) is 28.8 Å². The fraction of sp³-hybridized carbons (Fsp3) is 0.375. The van der Waals surface area contributed by atoms with Gasteiger partial charge >= 0.3 is 0 Å². The zero-order valence-corrected chi connectivity index (χ0v) is 18.3. The molecule has 0 radical (unpaired) electrons. The first-order valence-electron chi connectivity index (χ1n) is 10.2. The van der Waals surface area contributed by atoms with Crippen molar-refractivity contribution in [3.63, 3.8) is 0 Å². The zero-order valence-electron chi connectivity index (χ0n) is 16.7. The average Bonchev–Trinajstić information content (AvgIpc) is 2.68. The lowest BCUT2D eigenvalue weighted by Crippen LogP contribution is -2.73. The highest BCUT2D eigenvalue weighted by atomic mass is 35.5. The zero-order chi connectivity index (χ0) is 20.0. The molecule has 2 bridgehead atoms. The number of piperidine rings is 1. The molecule has 6 rings (SSSR count). The highest BCUT2D eigenvalue weighted by Gasteiger charge is 2.64. The molecule has 1 fully saturated rings. The summed E-state index contributed by atoms with van der Waals surface area (Å²) < 4.78 is 0. The van der Waals surface area contributed by atoms with Gasteiger partial charge < -0.3 is 15.1 Å². The standard InChI is InChI=1S/C24H23ClN2O2.ClH/c1-27-7-6-23-13-21-16(8-15-2-4-17(25)10-20(15)26-21)12-24(23,29)22(27)9-14-3-5-18(28)11-19(14)23;/h2-5,8,10-11,22,28-29H,6-7,9,12-13H2,1H3;1H/t22-,23-,24-;/m1./s1. The molecule has 156 valence electrons. The van der Waals surface area contributed by atoms with Crippen molar-refractivity contribution in [3.05, 3.63) is 69.9 Å². The van der Waals surface area contributed by atoms with Crippen molar-refractivity contribution < 1.29 is 10.2 Å². The van der Waals surface area contributed by atoms with Crippen molar-refractivity contribution in [2.24, 2.45) is 0 Å². The van der Waals surface area contributed by atoms with Gasteiger partial charge in [0.15, 0.2) is 0 Å². The Morgan fingerprint density at radius 2 is 1.93 bits per heavy atom. The fourth-order valence-corrected chi connectivity index (χ4v) is 6.41. The molecular formula is C24H24Cl2N2O2. The molecule has 0 amide bonds. The maximum Gasteiger partial charge on any atom is 0.115 e. The van der Waals surface area contributed by atoms with Crippen LogP contribution in [0.15, 0.2) is 42.5 Å². The summed E-state index contributed by atoms with van der Waals surface area (Å²) in [5, 5.41) is 24.3. The van der Waals surface area contributed by atoms with E-state index in [1.807, 2.05) is 30.3 Å². The quantitative estimate of drug-likeness (QED) is 0.551. The number of hydrogen-bond acceptors (Lipinski definition) is 4. The summed E-state index contributed by atoms with van der Waals surface area (Å²) in [6.45, 7) is 0.927. The molecule has 0 saturated carbocycles. The molecule has 2 aliphatic carbocycles. The first-order valence-corrected chi connectivity index (χ1v) is 10.6. The topological polar surface area (TPSA) is 56.6 Å². The number of aliphatic hydroxyl groups is 1. The first kappa shape index (κ1) is 20.1. The van der Waals surface area contributed by atoms with E-state index in [1.165, 1.54) is 5.56 Å². The summed E-state index contributed by atoms with van der Waals surface area (Å²) in [6.07, 6.45) is 2.91. The van der Waals surface area contributed by atoms with Crippen LogP contribution in [0.2, 0.25) is 5.02 Å². The second-order valence-corrected chi connectivity index (χ2v) is 9.52. The van der Waals surface area contributed by atoms with Crippen LogP contribution >= 0.6 is 24.0 Å². The van der Waals surface area contributed by atoms with Gasteiger partial charge in [-0.1, -0.05) is 23.7 Å². The van der Waals surface area contributed by atoms with Crippen LogP contribution in [-0.2, 0) is 24.7 Å². The number of pyridine rings is 1. The molecule has 30 heavy (non-hydrogen) atoms. The van der Waals surface area contributed by atoms with Gasteiger partial charge in [0, 0.05) is 40.4 Å². The van der Waals surface area contributed by atoms with E-state index in [4.69, 9.17) is 16.6 Å². The smallest absolute Gasteiger partial charge is 0.115 e. The summed E-state index contributed by atoms with van der Waals surface area (Å²) in [5.41, 5.74) is 4.10. The second-order valence-electron chi connectivity index (χ2n) is 9.08. The molecule has 3 aliphatic rings. The first-order chi connectivity index (χ1) is 13.9. The van der Waals surface area contributed by atoms with Gasteiger partial charge in [-0.2, -0.15) is 0 Å². The molecule has 0 unspecified atom stereocenters. The highest BCUT2D eigenvalue weighted by Crippen LogP contribution is 2.57. The van der Waals surface area contributed by atoms with Gasteiger partial charge in [0.2, 0.25) is 0 Å². The van der Waals surface area contributed by atoms with E-state index in [0.717, 1.165) is 47.1 Å². The number of benzene rings is 2. The van der Waals surface area contributed by atoms with Gasteiger partial charge in [-0.3, -0.25) is 4.98 Å². The summed E-state index contributed by atoms with van der Waals surface area (Å²) in [5.74, 6) is 0.266. The molecule has 0 spiro atoms. The summed E-state index contributed by atoms with van der Waals surface area (Å²) in [6, 6.07) is 13.7. The third-order valence-corrected chi connectivity index (χ3v) is 7.94. The maximum atomic E-state index is 12.3. The molecule has 2 heterocycles. The summed E-state index contributed by atoms with van der Waals surface area (Å²) in [4.78, 5) is 7.30. The van der Waals surface area contributed by atoms with Gasteiger partial charge in [0.1, 0.15) is 5.75 Å². The molecule has 1 saturated heterocycles. The van der Waals surface area contributed by atoms with Crippen LogP contribution in [0.5, 0.6) is 5.75 Å². The van der Waals surface area contributed by atoms with Crippen molar-refractivity contribution in [2.75, 3.05) is 13.6 Å². The van der Waals surface area contributed by atoms with Crippen molar-refractivity contribution in [3.8, 4) is 5.75 Å². The van der Waals surface area contributed by atoms with E-state index in [1.54, 1.807) is 6.07 Å². The number of aromatic nitrogens is 1. The summed E-state index contributed by atoms with van der Waals surface area (Å²) in [7, 11) is 2.12. The van der Waals surface area contributed by atoms with Crippen molar-refractivity contribution in [1.82, 2.24) is 9.88 Å². The fourth-order valence-electron chi connectivity index (χ4n) is 6.24. The number of fused-ring (bicyclic) bond motifs is 3. The van der Waals surface area contributed by atoms with Crippen LogP contribution < -0.4 is 0 Å². The van der Waals surface area contributed by atoms with Crippen LogP contribution in [-0.4, -0.2) is 45.3 Å². The number of hydrogen-bond donors (Lipinski definition) is 2. The molecule has 2 aromatic carbocycles. The third kappa shape index (κ3) is 2.51. The number of likely N-dealkylation sites (tertiary alicyclic amines) is 1. The maximum absolute atomic E-state index is 12.3. The number of halogens is 2. The molecule has 3 aromatic rings. The molecule has 4 nitrogen and oxygen atoms in total. The second kappa shape index (κ2) is 6.57. The SMILES string of the molecule is CN1CC[C@]23Cc4nc5cc(Cl)ccc5cc4C[C@@]2(O)[C@H]1Cc1ccc(O)cc13.Cl. The highest BCUT2D eigenvalue weighted by molar-refractivity contribution is 6.31. The Morgan fingerprint density at radius 1 is 1.10 bits per heavy atom. The van der Waals surface area contributed by atoms with Crippen LogP contribution in [0.3, 0.4) is 0 Å². The number of rotatable bonds is 0. The number of likely N-dealkylation sites (N-methyl/N-ethyl adjacent to an activating group) is 1. The van der Waals surface area contributed by atoms with Crippen LogP contribution in [0.25, 0.3) is 10.9 Å². The van der Waals surface area contributed by atoms with Gasteiger partial charge in [-0.25, -0.2) is 0 Å². The van der Waals surface area contributed by atoms with Crippen molar-refractivity contribution in [1.29, 1.82) is 0 Å².